The zero-order chi connectivity index (χ0) is 14.8. The van der Waals surface area contributed by atoms with Crippen molar-refractivity contribution in [2.24, 2.45) is 0 Å². The topological polar surface area (TPSA) is 98.8 Å². The Kier molecular flexibility index (Phi) is 3.19. The summed E-state index contributed by atoms with van der Waals surface area (Å²) in [5, 5.41) is 14.1. The van der Waals surface area contributed by atoms with Crippen molar-refractivity contribution >= 4 is 22.7 Å². The van der Waals surface area contributed by atoms with Crippen LogP contribution in [0.3, 0.4) is 0 Å². The van der Waals surface area contributed by atoms with Gasteiger partial charge in [-0.05, 0) is 19.1 Å². The Morgan fingerprint density at radius 3 is 2.90 bits per heavy atom. The Morgan fingerprint density at radius 1 is 1.33 bits per heavy atom. The van der Waals surface area contributed by atoms with E-state index in [1.807, 2.05) is 31.2 Å². The summed E-state index contributed by atoms with van der Waals surface area (Å²) in [6.45, 7) is 2.53. The van der Waals surface area contributed by atoms with Gasteiger partial charge in [0.1, 0.15) is 12.5 Å². The van der Waals surface area contributed by atoms with Crippen LogP contribution in [0.15, 0.2) is 36.8 Å². The van der Waals surface area contributed by atoms with Crippen molar-refractivity contribution in [2.45, 2.75) is 6.92 Å². The lowest BCUT2D eigenvalue weighted by molar-refractivity contribution is -0.385. The van der Waals surface area contributed by atoms with Crippen LogP contribution in [0, 0.1) is 10.1 Å². The van der Waals surface area contributed by atoms with Gasteiger partial charge in [0.15, 0.2) is 0 Å². The van der Waals surface area contributed by atoms with E-state index in [0.717, 1.165) is 11.0 Å². The predicted octanol–water partition coefficient (Wildman–Crippen LogP) is 2.16. The second-order valence-electron chi connectivity index (χ2n) is 4.29. The largest absolute Gasteiger partial charge is 0.354 e. The van der Waals surface area contributed by atoms with Crippen molar-refractivity contribution in [2.75, 3.05) is 11.9 Å². The average Bonchev–Trinajstić information content (AvgIpc) is 2.91. The Labute approximate surface area is 119 Å². The number of nitro groups is 1. The molecule has 0 atom stereocenters. The maximum absolute atomic E-state index is 11.2. The van der Waals surface area contributed by atoms with E-state index in [9.17, 15) is 10.1 Å². The summed E-state index contributed by atoms with van der Waals surface area (Å²) in [6.07, 6.45) is 2.73. The van der Waals surface area contributed by atoms with Gasteiger partial charge in [-0.2, -0.15) is 4.98 Å². The third kappa shape index (κ3) is 2.27. The van der Waals surface area contributed by atoms with Gasteiger partial charge in [-0.25, -0.2) is 9.97 Å². The minimum atomic E-state index is -0.500. The van der Waals surface area contributed by atoms with Crippen LogP contribution in [0.2, 0.25) is 0 Å². The fourth-order valence-corrected chi connectivity index (χ4v) is 2.04. The number of hydrogen-bond donors (Lipinski definition) is 1. The normalized spacial score (nSPS) is 10.7. The van der Waals surface area contributed by atoms with Crippen molar-refractivity contribution in [3.63, 3.8) is 0 Å². The Morgan fingerprint density at radius 2 is 2.14 bits per heavy atom. The van der Waals surface area contributed by atoms with E-state index in [4.69, 9.17) is 0 Å². The molecule has 106 valence electrons. The summed E-state index contributed by atoms with van der Waals surface area (Å²) < 4.78 is 1.59. The first-order valence-corrected chi connectivity index (χ1v) is 6.38. The molecule has 21 heavy (non-hydrogen) atoms. The van der Waals surface area contributed by atoms with E-state index in [0.29, 0.717) is 12.5 Å². The van der Waals surface area contributed by atoms with Crippen molar-refractivity contribution in [1.82, 2.24) is 19.5 Å². The van der Waals surface area contributed by atoms with Crippen LogP contribution in [0.1, 0.15) is 6.92 Å². The molecule has 8 nitrogen and oxygen atoms in total. The lowest BCUT2D eigenvalue weighted by Gasteiger charge is -2.07. The second-order valence-corrected chi connectivity index (χ2v) is 4.29. The van der Waals surface area contributed by atoms with Crippen LogP contribution in [0.25, 0.3) is 16.9 Å². The number of rotatable bonds is 4. The van der Waals surface area contributed by atoms with Crippen LogP contribution in [-0.2, 0) is 0 Å². The van der Waals surface area contributed by atoms with Gasteiger partial charge in [-0.1, -0.05) is 12.1 Å². The fourth-order valence-electron chi connectivity index (χ4n) is 2.04. The molecule has 0 saturated carbocycles. The van der Waals surface area contributed by atoms with Gasteiger partial charge in [0, 0.05) is 6.54 Å². The second kappa shape index (κ2) is 5.16. The molecule has 0 saturated heterocycles. The van der Waals surface area contributed by atoms with Crippen molar-refractivity contribution in [1.29, 1.82) is 0 Å². The minimum absolute atomic E-state index is 0.167. The zero-order valence-electron chi connectivity index (χ0n) is 11.2. The number of nitrogens with one attached hydrogen (secondary N) is 1. The third-order valence-electron chi connectivity index (χ3n) is 2.96. The van der Waals surface area contributed by atoms with E-state index >= 15 is 0 Å². The molecule has 2 aromatic heterocycles. The number of benzene rings is 1. The molecule has 0 fully saturated rings. The van der Waals surface area contributed by atoms with E-state index < -0.39 is 4.92 Å². The standard InChI is InChI=1S/C13H12N6O2/c1-2-14-13-15-7-11(19(20)21)12(17-13)18-8-16-9-5-3-4-6-10(9)18/h3-8H,2H2,1H3,(H,14,15,17). The smallest absolute Gasteiger partial charge is 0.330 e. The van der Waals surface area contributed by atoms with Gasteiger partial charge >= 0.3 is 5.69 Å². The highest BCUT2D eigenvalue weighted by atomic mass is 16.6. The predicted molar refractivity (Wildman–Crippen MR) is 77.5 cm³/mol. The molecule has 8 heteroatoms. The fraction of sp³-hybridized carbons (Fsp3) is 0.154. The summed E-state index contributed by atoms with van der Waals surface area (Å²) in [6, 6.07) is 7.38. The zero-order valence-corrected chi connectivity index (χ0v) is 11.2. The molecule has 0 amide bonds. The molecule has 3 aromatic rings. The minimum Gasteiger partial charge on any atom is -0.354 e. The third-order valence-corrected chi connectivity index (χ3v) is 2.96. The van der Waals surface area contributed by atoms with Crippen molar-refractivity contribution < 1.29 is 4.92 Å². The molecule has 0 aliphatic heterocycles. The highest BCUT2D eigenvalue weighted by Crippen LogP contribution is 2.24. The van der Waals surface area contributed by atoms with Crippen LogP contribution >= 0.6 is 0 Å². The number of para-hydroxylation sites is 2. The van der Waals surface area contributed by atoms with E-state index in [-0.39, 0.29) is 11.5 Å². The maximum atomic E-state index is 11.2. The van der Waals surface area contributed by atoms with Crippen molar-refractivity contribution in [3.8, 4) is 5.82 Å². The lowest BCUT2D eigenvalue weighted by Crippen LogP contribution is -2.08. The molecule has 0 unspecified atom stereocenters. The first-order chi connectivity index (χ1) is 10.2. The molecule has 0 bridgehead atoms. The van der Waals surface area contributed by atoms with Gasteiger partial charge in [-0.3, -0.25) is 14.7 Å². The van der Waals surface area contributed by atoms with E-state index in [2.05, 4.69) is 20.3 Å². The summed E-state index contributed by atoms with van der Waals surface area (Å²) in [4.78, 5) is 23.1. The number of aromatic nitrogens is 4. The summed E-state index contributed by atoms with van der Waals surface area (Å²) in [5.41, 5.74) is 1.33. The van der Waals surface area contributed by atoms with Crippen LogP contribution in [0.4, 0.5) is 11.6 Å². The summed E-state index contributed by atoms with van der Waals surface area (Å²) >= 11 is 0. The van der Waals surface area contributed by atoms with Crippen LogP contribution < -0.4 is 5.32 Å². The van der Waals surface area contributed by atoms with Gasteiger partial charge in [0.2, 0.25) is 11.8 Å². The molecule has 1 aromatic carbocycles. The monoisotopic (exact) mass is 284 g/mol. The number of nitrogens with zero attached hydrogens (tertiary/aromatic N) is 5. The Balaban J connectivity index is 2.23. The van der Waals surface area contributed by atoms with E-state index in [1.165, 1.54) is 12.5 Å². The van der Waals surface area contributed by atoms with Gasteiger partial charge in [-0.15, -0.1) is 0 Å². The number of fused-ring (bicyclic) bond motifs is 1. The molecular formula is C13H12N6O2. The molecular weight excluding hydrogens is 272 g/mol. The molecule has 3 rings (SSSR count). The van der Waals surface area contributed by atoms with Gasteiger partial charge in [0.05, 0.1) is 16.0 Å². The number of imidazole rings is 1. The highest BCUT2D eigenvalue weighted by molar-refractivity contribution is 5.77. The quantitative estimate of drug-likeness (QED) is 0.582. The highest BCUT2D eigenvalue weighted by Gasteiger charge is 2.20. The molecule has 0 spiro atoms. The van der Waals surface area contributed by atoms with Gasteiger partial charge in [0.25, 0.3) is 0 Å². The lowest BCUT2D eigenvalue weighted by atomic mass is 10.3. The Bertz CT molecular complexity index is 813. The van der Waals surface area contributed by atoms with Gasteiger partial charge < -0.3 is 5.32 Å². The average molecular weight is 284 g/mol. The number of hydrogen-bond acceptors (Lipinski definition) is 6. The number of anilines is 1. The van der Waals surface area contributed by atoms with Crippen LogP contribution in [-0.4, -0.2) is 31.0 Å². The molecule has 2 heterocycles. The summed E-state index contributed by atoms with van der Waals surface area (Å²) in [7, 11) is 0. The molecule has 0 aliphatic rings. The SMILES string of the molecule is CCNc1ncc([N+](=O)[O-])c(-n2cnc3ccccc32)n1. The first-order valence-electron chi connectivity index (χ1n) is 6.38. The Hall–Kier alpha value is -3.03. The van der Waals surface area contributed by atoms with Crippen LogP contribution in [0.5, 0.6) is 0 Å². The van der Waals surface area contributed by atoms with Crippen molar-refractivity contribution in [3.05, 3.63) is 46.9 Å². The van der Waals surface area contributed by atoms with E-state index in [1.54, 1.807) is 4.57 Å². The molecule has 0 aliphatic carbocycles. The maximum Gasteiger partial charge on any atom is 0.330 e. The first kappa shape index (κ1) is 13.0. The molecule has 1 N–H and O–H groups in total. The molecule has 0 radical (unpaired) electrons. The summed E-state index contributed by atoms with van der Waals surface area (Å²) in [5.74, 6) is 0.538.